The number of nitrogens with one attached hydrogen (secondary N) is 1. The van der Waals surface area contributed by atoms with Crippen molar-refractivity contribution < 1.29 is 4.74 Å². The molecular formula is C15H26N2O. The maximum Gasteiger partial charge on any atom is 0.122 e. The van der Waals surface area contributed by atoms with E-state index in [1.54, 1.807) is 0 Å². The topological polar surface area (TPSA) is 47.3 Å². The van der Waals surface area contributed by atoms with Gasteiger partial charge < -0.3 is 15.8 Å². The quantitative estimate of drug-likeness (QED) is 0.782. The van der Waals surface area contributed by atoms with Gasteiger partial charge in [0, 0.05) is 12.1 Å². The molecule has 3 nitrogen and oxygen atoms in total. The van der Waals surface area contributed by atoms with E-state index in [1.807, 2.05) is 13.0 Å². The molecule has 0 saturated carbocycles. The van der Waals surface area contributed by atoms with Crippen LogP contribution in [0.15, 0.2) is 18.2 Å². The van der Waals surface area contributed by atoms with Crippen molar-refractivity contribution in [3.05, 3.63) is 29.3 Å². The van der Waals surface area contributed by atoms with Gasteiger partial charge in [-0.2, -0.15) is 0 Å². The van der Waals surface area contributed by atoms with Crippen molar-refractivity contribution in [1.82, 2.24) is 5.32 Å². The molecule has 18 heavy (non-hydrogen) atoms. The van der Waals surface area contributed by atoms with Crippen LogP contribution in [-0.2, 0) is 6.54 Å². The summed E-state index contributed by atoms with van der Waals surface area (Å²) in [5, 5.41) is 3.53. The van der Waals surface area contributed by atoms with Crippen LogP contribution in [-0.4, -0.2) is 18.7 Å². The van der Waals surface area contributed by atoms with Crippen molar-refractivity contribution in [2.24, 2.45) is 5.73 Å². The van der Waals surface area contributed by atoms with Gasteiger partial charge in [0.2, 0.25) is 0 Å². The summed E-state index contributed by atoms with van der Waals surface area (Å²) in [7, 11) is 0. The van der Waals surface area contributed by atoms with Gasteiger partial charge in [-0.15, -0.1) is 0 Å². The molecule has 3 N–H and O–H groups in total. The highest BCUT2D eigenvalue weighted by atomic mass is 16.5. The Labute approximate surface area is 111 Å². The summed E-state index contributed by atoms with van der Waals surface area (Å²) in [6.07, 6.45) is 0.975. The van der Waals surface area contributed by atoms with E-state index < -0.39 is 0 Å². The number of hydrogen-bond acceptors (Lipinski definition) is 3. The fourth-order valence-electron chi connectivity index (χ4n) is 1.93. The lowest BCUT2D eigenvalue weighted by molar-refractivity contribution is 0.337. The molecule has 0 amide bonds. The summed E-state index contributed by atoms with van der Waals surface area (Å²) in [6.45, 7) is 10.7. The molecule has 1 aromatic rings. The lowest BCUT2D eigenvalue weighted by Crippen LogP contribution is -2.40. The van der Waals surface area contributed by atoms with Crippen LogP contribution in [0.25, 0.3) is 0 Å². The van der Waals surface area contributed by atoms with E-state index in [4.69, 9.17) is 10.5 Å². The Morgan fingerprint density at radius 1 is 1.33 bits per heavy atom. The van der Waals surface area contributed by atoms with Crippen LogP contribution in [0, 0.1) is 6.92 Å². The van der Waals surface area contributed by atoms with Gasteiger partial charge in [-0.1, -0.05) is 12.1 Å². The summed E-state index contributed by atoms with van der Waals surface area (Å²) in [5.41, 5.74) is 8.16. The molecule has 0 radical (unpaired) electrons. The average Bonchev–Trinajstić information content (AvgIpc) is 2.30. The second-order valence-electron chi connectivity index (χ2n) is 5.31. The Morgan fingerprint density at radius 3 is 2.61 bits per heavy atom. The molecule has 0 heterocycles. The first-order valence-corrected chi connectivity index (χ1v) is 6.66. The van der Waals surface area contributed by atoms with E-state index >= 15 is 0 Å². The van der Waals surface area contributed by atoms with Crippen LogP contribution < -0.4 is 15.8 Å². The normalized spacial score (nSPS) is 11.6. The summed E-state index contributed by atoms with van der Waals surface area (Å²) in [6, 6.07) is 6.34. The number of aryl methyl sites for hydroxylation is 1. The molecule has 102 valence electrons. The Morgan fingerprint density at radius 2 is 2.06 bits per heavy atom. The maximum atomic E-state index is 5.60. The molecule has 0 aliphatic heterocycles. The maximum absolute atomic E-state index is 5.60. The van der Waals surface area contributed by atoms with E-state index in [1.165, 1.54) is 11.1 Å². The molecule has 1 aromatic carbocycles. The molecule has 0 fully saturated rings. The highest BCUT2D eigenvalue weighted by Crippen LogP contribution is 2.19. The SMILES string of the molecule is CCOc1ccc(CNC(C)(C)CCN)cc1C. The van der Waals surface area contributed by atoms with E-state index in [-0.39, 0.29) is 5.54 Å². The van der Waals surface area contributed by atoms with Gasteiger partial charge in [-0.05, 0) is 57.9 Å². The largest absolute Gasteiger partial charge is 0.494 e. The molecule has 0 saturated heterocycles. The molecule has 0 bridgehead atoms. The predicted octanol–water partition coefficient (Wildman–Crippen LogP) is 2.61. The molecule has 0 unspecified atom stereocenters. The Bertz CT molecular complexity index is 375. The molecule has 1 rings (SSSR count). The van der Waals surface area contributed by atoms with Gasteiger partial charge in [0.15, 0.2) is 0 Å². The van der Waals surface area contributed by atoms with Crippen LogP contribution >= 0.6 is 0 Å². The molecule has 3 heteroatoms. The van der Waals surface area contributed by atoms with Gasteiger partial charge in [0.25, 0.3) is 0 Å². The van der Waals surface area contributed by atoms with Crippen molar-refractivity contribution in [3.63, 3.8) is 0 Å². The van der Waals surface area contributed by atoms with E-state index in [2.05, 4.69) is 38.2 Å². The van der Waals surface area contributed by atoms with Gasteiger partial charge in [0.1, 0.15) is 5.75 Å². The monoisotopic (exact) mass is 250 g/mol. The summed E-state index contributed by atoms with van der Waals surface area (Å²) >= 11 is 0. The molecule has 0 spiro atoms. The fraction of sp³-hybridized carbons (Fsp3) is 0.600. The zero-order valence-electron chi connectivity index (χ0n) is 12.0. The average molecular weight is 250 g/mol. The summed E-state index contributed by atoms with van der Waals surface area (Å²) < 4.78 is 5.54. The third-order valence-electron chi connectivity index (χ3n) is 3.08. The van der Waals surface area contributed by atoms with Crippen molar-refractivity contribution in [2.45, 2.75) is 46.2 Å². The van der Waals surface area contributed by atoms with Crippen molar-refractivity contribution in [1.29, 1.82) is 0 Å². The highest BCUT2D eigenvalue weighted by molar-refractivity contribution is 5.36. The number of benzene rings is 1. The molecule has 0 atom stereocenters. The fourth-order valence-corrected chi connectivity index (χ4v) is 1.93. The van der Waals surface area contributed by atoms with E-state index in [0.717, 1.165) is 18.7 Å². The Balaban J connectivity index is 2.61. The number of nitrogens with two attached hydrogens (primary N) is 1. The van der Waals surface area contributed by atoms with Crippen LogP contribution in [0.2, 0.25) is 0 Å². The van der Waals surface area contributed by atoms with Crippen molar-refractivity contribution >= 4 is 0 Å². The lowest BCUT2D eigenvalue weighted by atomic mass is 10.00. The first-order valence-electron chi connectivity index (χ1n) is 6.66. The predicted molar refractivity (Wildman–Crippen MR) is 76.9 cm³/mol. The summed E-state index contributed by atoms with van der Waals surface area (Å²) in [4.78, 5) is 0. The van der Waals surface area contributed by atoms with Crippen LogP contribution in [0.4, 0.5) is 0 Å². The number of hydrogen-bond donors (Lipinski definition) is 2. The minimum absolute atomic E-state index is 0.0846. The van der Waals surface area contributed by atoms with E-state index in [9.17, 15) is 0 Å². The Kier molecular flexibility index (Phi) is 5.63. The summed E-state index contributed by atoms with van der Waals surface area (Å²) in [5.74, 6) is 0.975. The van der Waals surface area contributed by atoms with Crippen molar-refractivity contribution in [3.8, 4) is 5.75 Å². The smallest absolute Gasteiger partial charge is 0.122 e. The number of rotatable bonds is 7. The van der Waals surface area contributed by atoms with Gasteiger partial charge in [-0.25, -0.2) is 0 Å². The zero-order valence-corrected chi connectivity index (χ0v) is 12.0. The van der Waals surface area contributed by atoms with Crippen LogP contribution in [0.5, 0.6) is 5.75 Å². The van der Waals surface area contributed by atoms with Gasteiger partial charge in [-0.3, -0.25) is 0 Å². The third kappa shape index (κ3) is 4.67. The minimum atomic E-state index is 0.0846. The molecule has 0 aliphatic carbocycles. The number of ether oxygens (including phenoxy) is 1. The lowest BCUT2D eigenvalue weighted by Gasteiger charge is -2.26. The minimum Gasteiger partial charge on any atom is -0.494 e. The van der Waals surface area contributed by atoms with Crippen LogP contribution in [0.1, 0.15) is 38.3 Å². The van der Waals surface area contributed by atoms with Crippen molar-refractivity contribution in [2.75, 3.05) is 13.2 Å². The molecule has 0 aromatic heterocycles. The second-order valence-corrected chi connectivity index (χ2v) is 5.31. The first-order chi connectivity index (χ1) is 8.48. The second kappa shape index (κ2) is 6.76. The molecular weight excluding hydrogens is 224 g/mol. The highest BCUT2D eigenvalue weighted by Gasteiger charge is 2.15. The van der Waals surface area contributed by atoms with E-state index in [0.29, 0.717) is 13.2 Å². The zero-order chi connectivity index (χ0) is 13.6. The van der Waals surface area contributed by atoms with Crippen LogP contribution in [0.3, 0.4) is 0 Å². The first kappa shape index (κ1) is 15.0. The van der Waals surface area contributed by atoms with Gasteiger partial charge >= 0.3 is 0 Å². The Hall–Kier alpha value is -1.06. The molecule has 0 aliphatic rings. The standard InChI is InChI=1S/C15H26N2O/c1-5-18-14-7-6-13(10-12(14)2)11-17-15(3,4)8-9-16/h6-7,10,17H,5,8-9,11,16H2,1-4H3. The third-order valence-corrected chi connectivity index (χ3v) is 3.08. The van der Waals surface area contributed by atoms with Gasteiger partial charge in [0.05, 0.1) is 6.61 Å².